The molecule has 1 saturated heterocycles. The van der Waals surface area contributed by atoms with Crippen molar-refractivity contribution in [2.45, 2.75) is 0 Å². The zero-order valence-electron chi connectivity index (χ0n) is 4.11. The molecule has 1 rings (SSSR count). The third-order valence-corrected chi connectivity index (χ3v) is 1.35. The molecule has 9 heavy (non-hydrogen) atoms. The Labute approximate surface area is 76.3 Å². The first-order valence-electron chi connectivity index (χ1n) is 1.87. The van der Waals surface area contributed by atoms with Gasteiger partial charge in [0.05, 0.1) is 5.75 Å². The SMILES string of the molecule is O=C1CSC(=O)N1.[Cu][I]. The fourth-order valence-corrected chi connectivity index (χ4v) is 0.837. The summed E-state index contributed by atoms with van der Waals surface area (Å²) >= 11 is 6.88. The molecule has 0 saturated carbocycles. The van der Waals surface area contributed by atoms with Crippen LogP contribution in [-0.4, -0.2) is 16.9 Å². The molecule has 0 radical (unpaired) electrons. The van der Waals surface area contributed by atoms with Crippen molar-refractivity contribution < 1.29 is 22.4 Å². The molecule has 3 nitrogen and oxygen atoms in total. The molecule has 0 bridgehead atoms. The van der Waals surface area contributed by atoms with Crippen molar-refractivity contribution in [3.05, 3.63) is 0 Å². The van der Waals surface area contributed by atoms with E-state index in [9.17, 15) is 9.59 Å². The van der Waals surface area contributed by atoms with Gasteiger partial charge in [-0.15, -0.1) is 0 Å². The first kappa shape index (κ1) is 9.74. The van der Waals surface area contributed by atoms with Gasteiger partial charge in [0, 0.05) is 0 Å². The van der Waals surface area contributed by atoms with Crippen LogP contribution in [0.15, 0.2) is 0 Å². The number of amides is 2. The molecular weight excluding hydrogens is 305 g/mol. The molecule has 6 heteroatoms. The Morgan fingerprint density at radius 1 is 1.56 bits per heavy atom. The van der Waals surface area contributed by atoms with Crippen LogP contribution in [0.1, 0.15) is 0 Å². The number of carbonyl (C=O) groups is 2. The van der Waals surface area contributed by atoms with Crippen molar-refractivity contribution in [1.82, 2.24) is 5.32 Å². The van der Waals surface area contributed by atoms with Crippen molar-refractivity contribution in [2.24, 2.45) is 0 Å². The Hall–Kier alpha value is 0.739. The van der Waals surface area contributed by atoms with E-state index in [-0.39, 0.29) is 11.1 Å². The van der Waals surface area contributed by atoms with Gasteiger partial charge in [-0.05, 0) is 0 Å². The average molecular weight is 308 g/mol. The van der Waals surface area contributed by atoms with Gasteiger partial charge in [-0.2, -0.15) is 0 Å². The van der Waals surface area contributed by atoms with Crippen LogP contribution in [0.3, 0.4) is 0 Å². The standard InChI is InChI=1S/C3H3NO2S.Cu.HI/c5-2-1-7-3(6)4-2;;/h1H2,(H,4,5,6);;1H/q;+1;/p-1. The minimum absolute atomic E-state index is 0.185. The summed E-state index contributed by atoms with van der Waals surface area (Å²) in [7, 11) is 0. The average Bonchev–Trinajstić information content (AvgIpc) is 2.20. The van der Waals surface area contributed by atoms with Crippen LogP contribution in [0.2, 0.25) is 0 Å². The normalized spacial score (nSPS) is 16.3. The van der Waals surface area contributed by atoms with E-state index in [0.717, 1.165) is 11.8 Å². The van der Waals surface area contributed by atoms with Gasteiger partial charge in [0.15, 0.2) is 0 Å². The second kappa shape index (κ2) is 5.52. The predicted octanol–water partition coefficient (Wildman–Crippen LogP) is 0.853. The summed E-state index contributed by atoms with van der Waals surface area (Å²) in [5.74, 6) is 0.105. The van der Waals surface area contributed by atoms with Crippen LogP contribution in [0.25, 0.3) is 0 Å². The van der Waals surface area contributed by atoms with Crippen molar-refractivity contribution in [1.29, 1.82) is 0 Å². The number of halogens is 1. The molecule has 0 aromatic carbocycles. The molecule has 0 aliphatic carbocycles. The van der Waals surface area contributed by atoms with E-state index in [4.69, 9.17) is 0 Å². The fraction of sp³-hybridized carbons (Fsp3) is 0.333. The number of rotatable bonds is 0. The second-order valence-corrected chi connectivity index (χ2v) is 2.07. The molecule has 1 aliphatic rings. The monoisotopic (exact) mass is 307 g/mol. The number of hydrogen-bond donors (Lipinski definition) is 1. The number of imide groups is 1. The third kappa shape index (κ3) is 4.18. The molecule has 1 heterocycles. The molecule has 0 aromatic heterocycles. The maximum atomic E-state index is 10.1. The van der Waals surface area contributed by atoms with Gasteiger partial charge in [0.2, 0.25) is 5.91 Å². The van der Waals surface area contributed by atoms with E-state index >= 15 is 0 Å². The summed E-state index contributed by atoms with van der Waals surface area (Å²) in [5.41, 5.74) is 0. The summed E-state index contributed by atoms with van der Waals surface area (Å²) in [6, 6.07) is 0. The molecule has 0 unspecified atom stereocenters. The summed E-state index contributed by atoms with van der Waals surface area (Å²) in [6.45, 7) is 0. The van der Waals surface area contributed by atoms with Crippen LogP contribution in [0.5, 0.6) is 0 Å². The van der Waals surface area contributed by atoms with E-state index in [1.54, 1.807) is 20.3 Å². The second-order valence-electron chi connectivity index (χ2n) is 1.12. The molecule has 2 amide bonds. The Morgan fingerprint density at radius 3 is 2.22 bits per heavy atom. The van der Waals surface area contributed by atoms with E-state index < -0.39 is 0 Å². The Kier molecular flexibility index (Phi) is 5.97. The molecule has 0 atom stereocenters. The zero-order chi connectivity index (χ0) is 7.28. The molecule has 56 valence electrons. The molecule has 1 fully saturated rings. The summed E-state index contributed by atoms with van der Waals surface area (Å²) < 4.78 is 0. The van der Waals surface area contributed by atoms with Crippen molar-refractivity contribution >= 4 is 43.3 Å². The first-order chi connectivity index (χ1) is 4.29. The van der Waals surface area contributed by atoms with E-state index in [2.05, 4.69) is 18.1 Å². The molecule has 0 spiro atoms. The van der Waals surface area contributed by atoms with Gasteiger partial charge in [0.25, 0.3) is 5.24 Å². The summed E-state index contributed by atoms with van der Waals surface area (Å²) in [6.07, 6.45) is 0. The van der Waals surface area contributed by atoms with Crippen LogP contribution < -0.4 is 5.32 Å². The van der Waals surface area contributed by atoms with Gasteiger partial charge in [-0.25, -0.2) is 0 Å². The van der Waals surface area contributed by atoms with Gasteiger partial charge in [-0.3, -0.25) is 14.9 Å². The van der Waals surface area contributed by atoms with Crippen molar-refractivity contribution in [2.75, 3.05) is 5.75 Å². The number of carbonyl (C=O) groups excluding carboxylic acids is 2. The van der Waals surface area contributed by atoms with E-state index in [0.29, 0.717) is 5.75 Å². The number of nitrogens with one attached hydrogen (secondary N) is 1. The van der Waals surface area contributed by atoms with Gasteiger partial charge < -0.3 is 0 Å². The summed E-state index contributed by atoms with van der Waals surface area (Å²) in [5, 5.41) is 1.87. The van der Waals surface area contributed by atoms with Gasteiger partial charge >= 0.3 is 33.1 Å². The number of hydrogen-bond acceptors (Lipinski definition) is 3. The fourth-order valence-electron chi connectivity index (χ4n) is 0.317. The zero-order valence-corrected chi connectivity index (χ0v) is 8.03. The number of thioether (sulfide) groups is 1. The van der Waals surface area contributed by atoms with E-state index in [1.807, 2.05) is 0 Å². The first-order valence-corrected chi connectivity index (χ1v) is 5.89. The minimum atomic E-state index is -0.231. The third-order valence-electron chi connectivity index (χ3n) is 0.576. The Bertz CT molecular complexity index is 117. The topological polar surface area (TPSA) is 46.2 Å². The van der Waals surface area contributed by atoms with Crippen LogP contribution in [0.4, 0.5) is 4.79 Å². The Morgan fingerprint density at radius 2 is 2.11 bits per heavy atom. The van der Waals surface area contributed by atoms with Crippen molar-refractivity contribution in [3.63, 3.8) is 0 Å². The maximum absolute atomic E-state index is 10.1. The molecule has 0 aromatic rings. The van der Waals surface area contributed by atoms with E-state index in [1.165, 1.54) is 0 Å². The van der Waals surface area contributed by atoms with Crippen molar-refractivity contribution in [3.8, 4) is 0 Å². The summed E-state index contributed by atoms with van der Waals surface area (Å²) in [4.78, 5) is 20.2. The van der Waals surface area contributed by atoms with Crippen LogP contribution in [0, 0.1) is 0 Å². The molecule has 1 aliphatic heterocycles. The van der Waals surface area contributed by atoms with Gasteiger partial charge in [0.1, 0.15) is 0 Å². The quantitative estimate of drug-likeness (QED) is 0.533. The Balaban J connectivity index is 0.000000291. The van der Waals surface area contributed by atoms with Crippen LogP contribution in [-0.2, 0) is 17.6 Å². The van der Waals surface area contributed by atoms with Gasteiger partial charge in [-0.1, -0.05) is 11.8 Å². The predicted molar refractivity (Wildman–Crippen MR) is 40.0 cm³/mol. The van der Waals surface area contributed by atoms with Crippen LogP contribution >= 0.6 is 32.1 Å². The molecule has 1 N–H and O–H groups in total. The molecular formula is C3H3CuINO2S.